The molecule has 82 valence electrons. The molecule has 0 bridgehead atoms. The summed E-state index contributed by atoms with van der Waals surface area (Å²) in [7, 11) is 0. The summed E-state index contributed by atoms with van der Waals surface area (Å²) in [6.07, 6.45) is 6.57. The fourth-order valence-electron chi connectivity index (χ4n) is 2.49. The van der Waals surface area contributed by atoms with E-state index in [0.29, 0.717) is 12.6 Å². The third kappa shape index (κ3) is 2.12. The molecule has 0 saturated heterocycles. The van der Waals surface area contributed by atoms with Crippen molar-refractivity contribution < 1.29 is 5.11 Å². The Bertz CT molecular complexity index is 198. The van der Waals surface area contributed by atoms with E-state index in [1.807, 2.05) is 0 Å². The summed E-state index contributed by atoms with van der Waals surface area (Å²) in [5.74, 6) is 1.62. The number of aliphatic hydroxyl groups excluding tert-OH is 1. The first-order valence-electron chi connectivity index (χ1n) is 6.08. The van der Waals surface area contributed by atoms with Crippen LogP contribution in [0.3, 0.4) is 0 Å². The van der Waals surface area contributed by atoms with Crippen LogP contribution in [0.2, 0.25) is 0 Å². The molecule has 2 aliphatic rings. The highest BCUT2D eigenvalue weighted by Crippen LogP contribution is 2.42. The van der Waals surface area contributed by atoms with Gasteiger partial charge >= 0.3 is 0 Å². The van der Waals surface area contributed by atoms with E-state index in [9.17, 15) is 5.11 Å². The van der Waals surface area contributed by atoms with Crippen molar-refractivity contribution in [3.8, 4) is 0 Å². The lowest BCUT2D eigenvalue weighted by atomic mass is 9.94. The molecule has 0 aliphatic heterocycles. The first-order valence-corrected chi connectivity index (χ1v) is 6.08. The molecule has 14 heavy (non-hydrogen) atoms. The summed E-state index contributed by atoms with van der Waals surface area (Å²) in [5.41, 5.74) is 0.00324. The fraction of sp³-hybridized carbons (Fsp3) is 1.00. The fourth-order valence-corrected chi connectivity index (χ4v) is 2.49. The molecule has 0 amide bonds. The number of rotatable bonds is 6. The van der Waals surface area contributed by atoms with E-state index >= 15 is 0 Å². The minimum absolute atomic E-state index is 0.00324. The maximum atomic E-state index is 9.48. The molecule has 0 aromatic rings. The van der Waals surface area contributed by atoms with Gasteiger partial charge in [0.1, 0.15) is 0 Å². The van der Waals surface area contributed by atoms with Crippen LogP contribution in [0.1, 0.15) is 46.0 Å². The largest absolute Gasteiger partial charge is 0.394 e. The molecule has 2 unspecified atom stereocenters. The van der Waals surface area contributed by atoms with E-state index in [2.05, 4.69) is 19.2 Å². The van der Waals surface area contributed by atoms with Crippen molar-refractivity contribution in [1.82, 2.24) is 5.32 Å². The van der Waals surface area contributed by atoms with E-state index in [1.54, 1.807) is 0 Å². The number of hydrogen-bond donors (Lipinski definition) is 2. The summed E-state index contributed by atoms with van der Waals surface area (Å²) in [6, 6.07) is 0.646. The van der Waals surface area contributed by atoms with Gasteiger partial charge in [0, 0.05) is 11.6 Å². The van der Waals surface area contributed by atoms with Gasteiger partial charge in [0.05, 0.1) is 6.61 Å². The molecule has 0 radical (unpaired) electrons. The second kappa shape index (κ2) is 3.82. The quantitative estimate of drug-likeness (QED) is 0.682. The zero-order chi connectivity index (χ0) is 10.2. The monoisotopic (exact) mass is 197 g/mol. The molecule has 0 aromatic heterocycles. The van der Waals surface area contributed by atoms with Crippen molar-refractivity contribution in [3.63, 3.8) is 0 Å². The highest BCUT2D eigenvalue weighted by molar-refractivity contribution is 5.01. The van der Waals surface area contributed by atoms with Crippen LogP contribution in [-0.4, -0.2) is 23.3 Å². The standard InChI is InChI=1S/C12H23NO/c1-3-11(9-4-5-9)13-12(2,8-14)10-6-7-10/h9-11,13-14H,3-8H2,1-2H3. The van der Waals surface area contributed by atoms with Crippen LogP contribution < -0.4 is 5.32 Å². The summed E-state index contributed by atoms with van der Waals surface area (Å²) >= 11 is 0. The van der Waals surface area contributed by atoms with Crippen molar-refractivity contribution in [2.75, 3.05) is 6.61 Å². The number of nitrogens with one attached hydrogen (secondary N) is 1. The van der Waals surface area contributed by atoms with E-state index in [0.717, 1.165) is 11.8 Å². The maximum absolute atomic E-state index is 9.48. The molecule has 0 heterocycles. The molecule has 0 spiro atoms. The molecule has 2 rings (SSSR count). The van der Waals surface area contributed by atoms with Crippen LogP contribution in [0.4, 0.5) is 0 Å². The third-order valence-electron chi connectivity index (χ3n) is 3.95. The normalized spacial score (nSPS) is 28.5. The minimum atomic E-state index is 0.00324. The Balaban J connectivity index is 1.91. The van der Waals surface area contributed by atoms with Crippen molar-refractivity contribution in [1.29, 1.82) is 0 Å². The maximum Gasteiger partial charge on any atom is 0.0613 e. The summed E-state index contributed by atoms with van der Waals surface area (Å²) in [6.45, 7) is 4.73. The average molecular weight is 197 g/mol. The van der Waals surface area contributed by atoms with Crippen LogP contribution in [0.25, 0.3) is 0 Å². The predicted molar refractivity (Wildman–Crippen MR) is 58.2 cm³/mol. The van der Waals surface area contributed by atoms with Gasteiger partial charge in [-0.2, -0.15) is 0 Å². The van der Waals surface area contributed by atoms with Crippen LogP contribution >= 0.6 is 0 Å². The van der Waals surface area contributed by atoms with E-state index in [-0.39, 0.29) is 5.54 Å². The number of aliphatic hydroxyl groups is 1. The first kappa shape index (κ1) is 10.4. The van der Waals surface area contributed by atoms with Gasteiger partial charge in [-0.1, -0.05) is 6.92 Å². The molecule has 2 saturated carbocycles. The SMILES string of the molecule is CCC(NC(C)(CO)C1CC1)C1CC1. The molecule has 2 heteroatoms. The van der Waals surface area contributed by atoms with E-state index in [1.165, 1.54) is 32.1 Å². The molecule has 2 N–H and O–H groups in total. The Morgan fingerprint density at radius 1 is 1.36 bits per heavy atom. The average Bonchev–Trinajstić information content (AvgIpc) is 3.05. The molecule has 0 aromatic carbocycles. The predicted octanol–water partition coefficient (Wildman–Crippen LogP) is 1.93. The highest BCUT2D eigenvalue weighted by Gasteiger charge is 2.44. The zero-order valence-electron chi connectivity index (χ0n) is 9.42. The zero-order valence-corrected chi connectivity index (χ0v) is 9.42. The Hall–Kier alpha value is -0.0800. The smallest absolute Gasteiger partial charge is 0.0613 e. The van der Waals surface area contributed by atoms with Gasteiger partial charge in [0.2, 0.25) is 0 Å². The van der Waals surface area contributed by atoms with Gasteiger partial charge in [-0.25, -0.2) is 0 Å². The minimum Gasteiger partial charge on any atom is -0.394 e. The van der Waals surface area contributed by atoms with Crippen molar-refractivity contribution in [2.45, 2.75) is 57.5 Å². The van der Waals surface area contributed by atoms with Crippen LogP contribution in [-0.2, 0) is 0 Å². The Kier molecular flexibility index (Phi) is 2.85. The van der Waals surface area contributed by atoms with Crippen LogP contribution in [0, 0.1) is 11.8 Å². The summed E-state index contributed by atoms with van der Waals surface area (Å²) in [4.78, 5) is 0. The molecule has 2 aliphatic carbocycles. The first-order chi connectivity index (χ1) is 6.69. The lowest BCUT2D eigenvalue weighted by Gasteiger charge is -2.34. The van der Waals surface area contributed by atoms with E-state index in [4.69, 9.17) is 0 Å². The Morgan fingerprint density at radius 3 is 2.36 bits per heavy atom. The molecule has 2 fully saturated rings. The van der Waals surface area contributed by atoms with Crippen molar-refractivity contribution in [3.05, 3.63) is 0 Å². The van der Waals surface area contributed by atoms with Gasteiger partial charge in [-0.3, -0.25) is 0 Å². The highest BCUT2D eigenvalue weighted by atomic mass is 16.3. The lowest BCUT2D eigenvalue weighted by Crippen LogP contribution is -2.53. The van der Waals surface area contributed by atoms with Crippen molar-refractivity contribution in [2.24, 2.45) is 11.8 Å². The number of hydrogen-bond acceptors (Lipinski definition) is 2. The van der Waals surface area contributed by atoms with Crippen LogP contribution in [0.15, 0.2) is 0 Å². The molecular weight excluding hydrogens is 174 g/mol. The van der Waals surface area contributed by atoms with Gasteiger partial charge in [0.25, 0.3) is 0 Å². The third-order valence-corrected chi connectivity index (χ3v) is 3.95. The van der Waals surface area contributed by atoms with Crippen LogP contribution in [0.5, 0.6) is 0 Å². The molecule has 2 nitrogen and oxygen atoms in total. The second-order valence-corrected chi connectivity index (χ2v) is 5.35. The molecular formula is C12H23NO. The summed E-state index contributed by atoms with van der Waals surface area (Å²) in [5, 5.41) is 13.2. The van der Waals surface area contributed by atoms with Gasteiger partial charge < -0.3 is 10.4 Å². The topological polar surface area (TPSA) is 32.3 Å². The van der Waals surface area contributed by atoms with Crippen molar-refractivity contribution >= 4 is 0 Å². The van der Waals surface area contributed by atoms with Gasteiger partial charge in [-0.05, 0) is 50.9 Å². The Labute approximate surface area is 87.1 Å². The summed E-state index contributed by atoms with van der Waals surface area (Å²) < 4.78 is 0. The van der Waals surface area contributed by atoms with Gasteiger partial charge in [0.15, 0.2) is 0 Å². The Morgan fingerprint density at radius 2 is 2.00 bits per heavy atom. The molecule has 2 atom stereocenters. The second-order valence-electron chi connectivity index (χ2n) is 5.35. The lowest BCUT2D eigenvalue weighted by molar-refractivity contribution is 0.136. The van der Waals surface area contributed by atoms with E-state index < -0.39 is 0 Å². The van der Waals surface area contributed by atoms with Gasteiger partial charge in [-0.15, -0.1) is 0 Å².